The van der Waals surface area contributed by atoms with E-state index in [1.165, 1.54) is 16.2 Å². The summed E-state index contributed by atoms with van der Waals surface area (Å²) in [4.78, 5) is 27.6. The van der Waals surface area contributed by atoms with Gasteiger partial charge in [-0.1, -0.05) is 29.3 Å². The zero-order chi connectivity index (χ0) is 21.3. The number of fused-ring (bicyclic) bond motifs is 1. The number of hydrogen-bond acceptors (Lipinski definition) is 4. The van der Waals surface area contributed by atoms with Crippen LogP contribution < -0.4 is 5.32 Å². The highest BCUT2D eigenvalue weighted by Crippen LogP contribution is 2.31. The van der Waals surface area contributed by atoms with Crippen molar-refractivity contribution in [2.24, 2.45) is 0 Å². The molecule has 0 aliphatic rings. The minimum Gasteiger partial charge on any atom is -0.352 e. The van der Waals surface area contributed by atoms with Crippen LogP contribution in [0.1, 0.15) is 34.8 Å². The molecular formula is C20H22Cl2N4O2S. The number of amides is 2. The molecule has 9 heteroatoms. The summed E-state index contributed by atoms with van der Waals surface area (Å²) >= 11 is 13.9. The molecule has 0 fully saturated rings. The maximum Gasteiger partial charge on any atom is 0.264 e. The van der Waals surface area contributed by atoms with E-state index in [4.69, 9.17) is 23.2 Å². The van der Waals surface area contributed by atoms with Gasteiger partial charge in [-0.2, -0.15) is 5.10 Å². The van der Waals surface area contributed by atoms with E-state index in [9.17, 15) is 9.59 Å². The summed E-state index contributed by atoms with van der Waals surface area (Å²) < 4.78 is 1.81. The van der Waals surface area contributed by atoms with E-state index >= 15 is 0 Å². The van der Waals surface area contributed by atoms with Crippen molar-refractivity contribution in [2.45, 2.75) is 33.4 Å². The molecular weight excluding hydrogens is 431 g/mol. The number of thiophene rings is 1. The number of aromatic nitrogens is 2. The summed E-state index contributed by atoms with van der Waals surface area (Å²) in [6, 6.07) is 7.23. The minimum absolute atomic E-state index is 0.00555. The van der Waals surface area contributed by atoms with E-state index in [-0.39, 0.29) is 24.4 Å². The SMILES string of the molecule is Cc1nn(Cc2c(Cl)cccc2Cl)c2sc(C(=O)N(C)CC(=O)NC(C)C)cc12. The van der Waals surface area contributed by atoms with Gasteiger partial charge in [-0.25, -0.2) is 4.68 Å². The van der Waals surface area contributed by atoms with Crippen molar-refractivity contribution >= 4 is 56.6 Å². The molecule has 154 valence electrons. The van der Waals surface area contributed by atoms with Gasteiger partial charge in [0.1, 0.15) is 4.83 Å². The first-order valence-corrected chi connectivity index (χ1v) is 10.7. The Morgan fingerprint density at radius 3 is 2.55 bits per heavy atom. The molecule has 0 aliphatic carbocycles. The third kappa shape index (κ3) is 4.74. The van der Waals surface area contributed by atoms with Gasteiger partial charge < -0.3 is 10.2 Å². The van der Waals surface area contributed by atoms with Crippen molar-refractivity contribution in [1.29, 1.82) is 0 Å². The van der Waals surface area contributed by atoms with Gasteiger partial charge >= 0.3 is 0 Å². The van der Waals surface area contributed by atoms with E-state index in [2.05, 4.69) is 10.4 Å². The van der Waals surface area contributed by atoms with Gasteiger partial charge in [-0.15, -0.1) is 11.3 Å². The molecule has 29 heavy (non-hydrogen) atoms. The number of nitrogens with zero attached hydrogens (tertiary/aromatic N) is 3. The van der Waals surface area contributed by atoms with Crippen LogP contribution in [0.4, 0.5) is 0 Å². The minimum atomic E-state index is -0.202. The first-order chi connectivity index (χ1) is 13.7. The average molecular weight is 453 g/mol. The molecule has 2 heterocycles. The molecule has 0 saturated heterocycles. The Balaban J connectivity index is 1.86. The number of hydrogen-bond donors (Lipinski definition) is 1. The second kappa shape index (κ2) is 8.73. The molecule has 0 bridgehead atoms. The zero-order valence-electron chi connectivity index (χ0n) is 16.6. The van der Waals surface area contributed by atoms with Crippen molar-refractivity contribution in [3.63, 3.8) is 0 Å². The van der Waals surface area contributed by atoms with E-state index in [0.717, 1.165) is 21.5 Å². The largest absolute Gasteiger partial charge is 0.352 e. The Morgan fingerprint density at radius 1 is 1.28 bits per heavy atom. The number of rotatable bonds is 6. The lowest BCUT2D eigenvalue weighted by atomic mass is 10.2. The van der Waals surface area contributed by atoms with Crippen molar-refractivity contribution in [1.82, 2.24) is 20.0 Å². The van der Waals surface area contributed by atoms with Gasteiger partial charge in [0.15, 0.2) is 0 Å². The van der Waals surface area contributed by atoms with Crippen molar-refractivity contribution in [2.75, 3.05) is 13.6 Å². The van der Waals surface area contributed by atoms with Crippen LogP contribution in [0.5, 0.6) is 0 Å². The predicted octanol–water partition coefficient (Wildman–Crippen LogP) is 4.36. The molecule has 6 nitrogen and oxygen atoms in total. The summed E-state index contributed by atoms with van der Waals surface area (Å²) in [6.45, 7) is 6.07. The quantitative estimate of drug-likeness (QED) is 0.603. The Labute approximate surface area is 183 Å². The molecule has 0 atom stereocenters. The summed E-state index contributed by atoms with van der Waals surface area (Å²) in [7, 11) is 1.62. The van der Waals surface area contributed by atoms with Crippen LogP contribution in [0, 0.1) is 6.92 Å². The molecule has 0 aliphatic heterocycles. The third-order valence-electron chi connectivity index (χ3n) is 4.36. The zero-order valence-corrected chi connectivity index (χ0v) is 19.0. The Bertz CT molecular complexity index is 1050. The molecule has 3 rings (SSSR count). The fourth-order valence-electron chi connectivity index (χ4n) is 3.00. The number of nitrogens with one attached hydrogen (secondary N) is 1. The highest BCUT2D eigenvalue weighted by Gasteiger charge is 2.21. The third-order valence-corrected chi connectivity index (χ3v) is 6.21. The van der Waals surface area contributed by atoms with Crippen molar-refractivity contribution in [3.05, 3.63) is 50.4 Å². The summed E-state index contributed by atoms with van der Waals surface area (Å²) in [6.07, 6.45) is 0. The van der Waals surface area contributed by atoms with Crippen molar-refractivity contribution in [3.8, 4) is 0 Å². The maximum absolute atomic E-state index is 12.8. The van der Waals surface area contributed by atoms with E-state index in [1.54, 1.807) is 25.2 Å². The fraction of sp³-hybridized carbons (Fsp3) is 0.350. The molecule has 2 aromatic heterocycles. The highest BCUT2D eigenvalue weighted by atomic mass is 35.5. The molecule has 1 aromatic carbocycles. The Morgan fingerprint density at radius 2 is 1.93 bits per heavy atom. The lowest BCUT2D eigenvalue weighted by molar-refractivity contribution is -0.122. The lowest BCUT2D eigenvalue weighted by Crippen LogP contribution is -2.40. The summed E-state index contributed by atoms with van der Waals surface area (Å²) in [5, 5.41) is 9.41. The second-order valence-corrected chi connectivity index (χ2v) is 9.00. The smallest absolute Gasteiger partial charge is 0.264 e. The standard InChI is InChI=1S/C20H22Cl2N4O2S/c1-11(2)23-18(27)10-25(4)19(28)17-8-13-12(3)24-26(20(13)29-17)9-14-15(21)6-5-7-16(14)22/h5-8,11H,9-10H2,1-4H3,(H,23,27). The topological polar surface area (TPSA) is 67.2 Å². The molecule has 0 spiro atoms. The number of halogens is 2. The molecule has 1 N–H and O–H groups in total. The molecule has 2 amide bonds. The molecule has 0 unspecified atom stereocenters. The number of aryl methyl sites for hydroxylation is 1. The molecule has 3 aromatic rings. The van der Waals surface area contributed by atoms with Crippen LogP contribution in [0.25, 0.3) is 10.2 Å². The summed E-state index contributed by atoms with van der Waals surface area (Å²) in [5.74, 6) is -0.389. The van der Waals surface area contributed by atoms with Gasteiger partial charge in [0.05, 0.1) is 23.7 Å². The lowest BCUT2D eigenvalue weighted by Gasteiger charge is -2.17. The maximum atomic E-state index is 12.8. The fourth-order valence-corrected chi connectivity index (χ4v) is 4.67. The number of benzene rings is 1. The highest BCUT2D eigenvalue weighted by molar-refractivity contribution is 7.20. The normalized spacial score (nSPS) is 11.3. The van der Waals surface area contributed by atoms with Gasteiger partial charge in [0, 0.05) is 34.1 Å². The van der Waals surface area contributed by atoms with E-state index in [1.807, 2.05) is 31.5 Å². The van der Waals surface area contributed by atoms with E-state index < -0.39 is 0 Å². The van der Waals surface area contributed by atoms with Gasteiger partial charge in [-0.05, 0) is 39.0 Å². The molecule has 0 saturated carbocycles. The number of likely N-dealkylation sites (N-methyl/N-ethyl adjacent to an activating group) is 1. The number of carbonyl (C=O) groups excluding carboxylic acids is 2. The first kappa shape index (κ1) is 21.6. The Hall–Kier alpha value is -2.09. The number of carbonyl (C=O) groups is 2. The van der Waals surface area contributed by atoms with Gasteiger partial charge in [0.2, 0.25) is 5.91 Å². The van der Waals surface area contributed by atoms with Crippen LogP contribution in [0.15, 0.2) is 24.3 Å². The van der Waals surface area contributed by atoms with Crippen LogP contribution in [-0.2, 0) is 11.3 Å². The van der Waals surface area contributed by atoms with Crippen LogP contribution >= 0.6 is 34.5 Å². The second-order valence-electron chi connectivity index (χ2n) is 7.16. The van der Waals surface area contributed by atoms with Crippen LogP contribution in [0.3, 0.4) is 0 Å². The summed E-state index contributed by atoms with van der Waals surface area (Å²) in [5.41, 5.74) is 1.60. The average Bonchev–Trinajstić information content (AvgIpc) is 3.18. The van der Waals surface area contributed by atoms with Gasteiger partial charge in [-0.3, -0.25) is 9.59 Å². The van der Waals surface area contributed by atoms with Crippen LogP contribution in [0.2, 0.25) is 10.0 Å². The van der Waals surface area contributed by atoms with Crippen LogP contribution in [-0.4, -0.2) is 46.1 Å². The predicted molar refractivity (Wildman–Crippen MR) is 118 cm³/mol. The van der Waals surface area contributed by atoms with Crippen molar-refractivity contribution < 1.29 is 9.59 Å². The molecule has 0 radical (unpaired) electrons. The Kier molecular flexibility index (Phi) is 6.51. The van der Waals surface area contributed by atoms with Gasteiger partial charge in [0.25, 0.3) is 5.91 Å². The van der Waals surface area contributed by atoms with E-state index in [0.29, 0.717) is 21.5 Å². The first-order valence-electron chi connectivity index (χ1n) is 9.12. The monoisotopic (exact) mass is 452 g/mol.